The first-order valence-corrected chi connectivity index (χ1v) is 12.7. The Morgan fingerprint density at radius 3 is 2.03 bits per heavy atom. The van der Waals surface area contributed by atoms with Crippen LogP contribution in [0, 0.1) is 20.8 Å². The fraction of sp³-hybridized carbons (Fsp3) is 0.217. The van der Waals surface area contributed by atoms with Gasteiger partial charge in [-0.15, -0.1) is 0 Å². The van der Waals surface area contributed by atoms with E-state index in [-0.39, 0.29) is 16.3 Å². The highest BCUT2D eigenvalue weighted by Crippen LogP contribution is 2.33. The molecule has 8 heteroatoms. The minimum atomic E-state index is -3.85. The molecule has 3 aromatic rings. The molecule has 0 amide bonds. The van der Waals surface area contributed by atoms with E-state index in [2.05, 4.69) is 4.72 Å². The third kappa shape index (κ3) is 4.81. The standard InChI is InChI=1S/C23H26N2O4S2/c1-17-10-13-21(14-11-17)31(28,29)25(4)23-18(2)12-15-22(19(23)3)30(26,27)24-16-20-8-6-5-7-9-20/h5-15,24H,16H2,1-4H3. The van der Waals surface area contributed by atoms with E-state index in [4.69, 9.17) is 0 Å². The zero-order valence-corrected chi connectivity index (χ0v) is 19.6. The number of anilines is 1. The van der Waals surface area contributed by atoms with Gasteiger partial charge in [0.15, 0.2) is 0 Å². The molecule has 0 spiro atoms. The van der Waals surface area contributed by atoms with Crippen molar-refractivity contribution >= 4 is 25.7 Å². The fourth-order valence-electron chi connectivity index (χ4n) is 3.43. The van der Waals surface area contributed by atoms with Crippen molar-refractivity contribution in [2.75, 3.05) is 11.4 Å². The van der Waals surface area contributed by atoms with Crippen molar-refractivity contribution < 1.29 is 16.8 Å². The lowest BCUT2D eigenvalue weighted by atomic mass is 10.1. The third-order valence-electron chi connectivity index (χ3n) is 5.18. The maximum absolute atomic E-state index is 13.2. The summed E-state index contributed by atoms with van der Waals surface area (Å²) in [6.07, 6.45) is 0. The molecule has 0 saturated heterocycles. The number of sulfonamides is 2. The predicted molar refractivity (Wildman–Crippen MR) is 123 cm³/mol. The number of hydrogen-bond acceptors (Lipinski definition) is 4. The monoisotopic (exact) mass is 458 g/mol. The lowest BCUT2D eigenvalue weighted by Gasteiger charge is -2.25. The molecule has 31 heavy (non-hydrogen) atoms. The molecule has 0 fully saturated rings. The first-order valence-electron chi connectivity index (χ1n) is 9.73. The van der Waals surface area contributed by atoms with Gasteiger partial charge in [0, 0.05) is 13.6 Å². The van der Waals surface area contributed by atoms with Crippen LogP contribution in [0.2, 0.25) is 0 Å². The van der Waals surface area contributed by atoms with Crippen molar-refractivity contribution in [3.8, 4) is 0 Å². The van der Waals surface area contributed by atoms with Gasteiger partial charge in [0.25, 0.3) is 10.0 Å². The quantitative estimate of drug-likeness (QED) is 0.582. The molecule has 0 heterocycles. The van der Waals surface area contributed by atoms with Gasteiger partial charge in [-0.3, -0.25) is 4.31 Å². The second kappa shape index (κ2) is 8.82. The Bertz CT molecular complexity index is 1290. The van der Waals surface area contributed by atoms with E-state index in [1.54, 1.807) is 44.2 Å². The topological polar surface area (TPSA) is 83.6 Å². The normalized spacial score (nSPS) is 12.0. The van der Waals surface area contributed by atoms with Crippen LogP contribution in [0.5, 0.6) is 0 Å². The van der Waals surface area contributed by atoms with E-state index in [1.807, 2.05) is 37.3 Å². The van der Waals surface area contributed by atoms with Gasteiger partial charge in [0.2, 0.25) is 10.0 Å². The van der Waals surface area contributed by atoms with Crippen LogP contribution in [0.1, 0.15) is 22.3 Å². The summed E-state index contributed by atoms with van der Waals surface area (Å²) in [5.41, 5.74) is 3.17. The van der Waals surface area contributed by atoms with E-state index < -0.39 is 20.0 Å². The number of rotatable bonds is 7. The molecule has 3 aromatic carbocycles. The summed E-state index contributed by atoms with van der Waals surface area (Å²) in [6.45, 7) is 5.41. The summed E-state index contributed by atoms with van der Waals surface area (Å²) in [6, 6.07) is 18.9. The van der Waals surface area contributed by atoms with Crippen LogP contribution in [0.15, 0.2) is 76.5 Å². The molecule has 0 bridgehead atoms. The highest BCUT2D eigenvalue weighted by Gasteiger charge is 2.27. The zero-order chi connectivity index (χ0) is 22.8. The predicted octanol–water partition coefficient (Wildman–Crippen LogP) is 3.92. The van der Waals surface area contributed by atoms with Gasteiger partial charge in [0.05, 0.1) is 15.5 Å². The van der Waals surface area contributed by atoms with E-state index in [0.717, 1.165) is 15.4 Å². The largest absolute Gasteiger partial charge is 0.269 e. The summed E-state index contributed by atoms with van der Waals surface area (Å²) in [7, 11) is -6.26. The van der Waals surface area contributed by atoms with Crippen molar-refractivity contribution in [2.24, 2.45) is 0 Å². The second-order valence-electron chi connectivity index (χ2n) is 7.45. The molecule has 0 radical (unpaired) electrons. The molecule has 0 unspecified atom stereocenters. The lowest BCUT2D eigenvalue weighted by molar-refractivity contribution is 0.580. The average molecular weight is 459 g/mol. The van der Waals surface area contributed by atoms with E-state index in [0.29, 0.717) is 16.8 Å². The Morgan fingerprint density at radius 1 is 0.806 bits per heavy atom. The first kappa shape index (κ1) is 23.0. The molecule has 164 valence electrons. The Morgan fingerprint density at radius 2 is 1.42 bits per heavy atom. The number of aryl methyl sites for hydroxylation is 2. The van der Waals surface area contributed by atoms with Crippen LogP contribution >= 0.6 is 0 Å². The van der Waals surface area contributed by atoms with Crippen molar-refractivity contribution in [1.82, 2.24) is 4.72 Å². The third-order valence-corrected chi connectivity index (χ3v) is 8.49. The molecule has 3 rings (SSSR count). The van der Waals surface area contributed by atoms with E-state index >= 15 is 0 Å². The van der Waals surface area contributed by atoms with Crippen LogP contribution < -0.4 is 9.03 Å². The van der Waals surface area contributed by atoms with Crippen molar-refractivity contribution in [3.63, 3.8) is 0 Å². The minimum absolute atomic E-state index is 0.0509. The van der Waals surface area contributed by atoms with E-state index in [1.165, 1.54) is 13.1 Å². The molecular formula is C23H26N2O4S2. The Labute approximate surface area is 184 Å². The highest BCUT2D eigenvalue weighted by molar-refractivity contribution is 7.92. The number of benzene rings is 3. The summed E-state index contributed by atoms with van der Waals surface area (Å²) >= 11 is 0. The smallest absolute Gasteiger partial charge is 0.264 e. The maximum atomic E-state index is 13.2. The van der Waals surface area contributed by atoms with Gasteiger partial charge in [-0.25, -0.2) is 21.6 Å². The SMILES string of the molecule is Cc1ccc(S(=O)(=O)N(C)c2c(C)ccc(S(=O)(=O)NCc3ccccc3)c2C)cc1. The summed E-state index contributed by atoms with van der Waals surface area (Å²) in [4.78, 5) is 0.199. The number of nitrogens with one attached hydrogen (secondary N) is 1. The fourth-order valence-corrected chi connectivity index (χ4v) is 6.01. The molecular weight excluding hydrogens is 432 g/mol. The van der Waals surface area contributed by atoms with E-state index in [9.17, 15) is 16.8 Å². The van der Waals surface area contributed by atoms with Gasteiger partial charge >= 0.3 is 0 Å². The number of nitrogens with zero attached hydrogens (tertiary/aromatic N) is 1. The highest BCUT2D eigenvalue weighted by atomic mass is 32.2. The average Bonchev–Trinajstić information content (AvgIpc) is 2.73. The van der Waals surface area contributed by atoms with Gasteiger partial charge in [-0.1, -0.05) is 54.1 Å². The summed E-state index contributed by atoms with van der Waals surface area (Å²) in [5, 5.41) is 0. The second-order valence-corrected chi connectivity index (χ2v) is 11.2. The first-order chi connectivity index (χ1) is 14.5. The maximum Gasteiger partial charge on any atom is 0.264 e. The van der Waals surface area contributed by atoms with Gasteiger partial charge < -0.3 is 0 Å². The molecule has 0 aliphatic carbocycles. The van der Waals surface area contributed by atoms with Crippen LogP contribution in [0.25, 0.3) is 0 Å². The molecule has 6 nitrogen and oxygen atoms in total. The van der Waals surface area contributed by atoms with Gasteiger partial charge in [-0.2, -0.15) is 0 Å². The molecule has 0 aromatic heterocycles. The Kier molecular flexibility index (Phi) is 6.54. The molecule has 1 N–H and O–H groups in total. The van der Waals surface area contributed by atoms with Crippen molar-refractivity contribution in [1.29, 1.82) is 0 Å². The van der Waals surface area contributed by atoms with Gasteiger partial charge in [0.1, 0.15) is 0 Å². The molecule has 0 aliphatic rings. The van der Waals surface area contributed by atoms with Crippen LogP contribution in [-0.4, -0.2) is 23.9 Å². The molecule has 0 aliphatic heterocycles. The Balaban J connectivity index is 1.99. The zero-order valence-electron chi connectivity index (χ0n) is 18.0. The van der Waals surface area contributed by atoms with Crippen molar-refractivity contribution in [3.05, 3.63) is 89.0 Å². The summed E-state index contributed by atoms with van der Waals surface area (Å²) < 4.78 is 56.1. The number of hydrogen-bond donors (Lipinski definition) is 1. The Hall–Kier alpha value is -2.68. The van der Waals surface area contributed by atoms with Gasteiger partial charge in [-0.05, 0) is 55.7 Å². The van der Waals surface area contributed by atoms with Crippen molar-refractivity contribution in [2.45, 2.75) is 37.1 Å². The van der Waals surface area contributed by atoms with Crippen LogP contribution in [0.3, 0.4) is 0 Å². The lowest BCUT2D eigenvalue weighted by Crippen LogP contribution is -2.29. The minimum Gasteiger partial charge on any atom is -0.269 e. The van der Waals surface area contributed by atoms with Crippen LogP contribution in [-0.2, 0) is 26.6 Å². The molecule has 0 atom stereocenters. The summed E-state index contributed by atoms with van der Waals surface area (Å²) in [5.74, 6) is 0. The van der Waals surface area contributed by atoms with Crippen LogP contribution in [0.4, 0.5) is 5.69 Å². The molecule has 0 saturated carbocycles.